The highest BCUT2D eigenvalue weighted by Gasteiger charge is 2.14. The number of aromatic nitrogens is 1. The van der Waals surface area contributed by atoms with E-state index in [0.29, 0.717) is 12.1 Å². The first-order chi connectivity index (χ1) is 9.13. The van der Waals surface area contributed by atoms with E-state index in [1.165, 1.54) is 6.07 Å². The van der Waals surface area contributed by atoms with Crippen LogP contribution in [0.2, 0.25) is 0 Å². The maximum atomic E-state index is 11.3. The van der Waals surface area contributed by atoms with Crippen LogP contribution in [0.5, 0.6) is 5.75 Å². The maximum Gasteiger partial charge on any atom is 0.223 e. The van der Waals surface area contributed by atoms with Crippen LogP contribution in [-0.2, 0) is 6.42 Å². The third kappa shape index (κ3) is 2.85. The second kappa shape index (κ2) is 5.71. The molecule has 0 saturated heterocycles. The van der Waals surface area contributed by atoms with E-state index < -0.39 is 5.43 Å². The van der Waals surface area contributed by atoms with Gasteiger partial charge in [0.15, 0.2) is 5.75 Å². The molecule has 0 aliphatic heterocycles. The number of hydrogen-bond acceptors (Lipinski definition) is 3. The third-order valence-corrected chi connectivity index (χ3v) is 3.27. The average Bonchev–Trinajstić information content (AvgIpc) is 2.44. The van der Waals surface area contributed by atoms with Crippen molar-refractivity contribution in [2.24, 2.45) is 0 Å². The number of hydrogen-bond donors (Lipinski definition) is 2. The van der Waals surface area contributed by atoms with E-state index in [4.69, 9.17) is 0 Å². The highest BCUT2D eigenvalue weighted by atomic mass is 16.3. The molecule has 100 valence electrons. The van der Waals surface area contributed by atoms with Crippen molar-refractivity contribution < 1.29 is 10.2 Å². The lowest BCUT2D eigenvalue weighted by Crippen LogP contribution is -2.20. The van der Waals surface area contributed by atoms with Crippen molar-refractivity contribution in [2.45, 2.75) is 19.4 Å². The third-order valence-electron chi connectivity index (χ3n) is 3.27. The number of rotatable bonds is 4. The molecule has 2 aromatic rings. The summed E-state index contributed by atoms with van der Waals surface area (Å²) in [5.74, 6) is -0.256. The molecule has 1 heterocycles. The van der Waals surface area contributed by atoms with Gasteiger partial charge in [-0.1, -0.05) is 30.3 Å². The number of aliphatic hydroxyl groups is 1. The van der Waals surface area contributed by atoms with Crippen LogP contribution in [0.15, 0.2) is 47.4 Å². The molecule has 0 radical (unpaired) electrons. The molecule has 0 bridgehead atoms. The molecule has 2 N–H and O–H groups in total. The largest absolute Gasteiger partial charge is 0.503 e. The smallest absolute Gasteiger partial charge is 0.223 e. The van der Waals surface area contributed by atoms with Crippen molar-refractivity contribution in [3.8, 4) is 5.75 Å². The van der Waals surface area contributed by atoms with Gasteiger partial charge in [0.2, 0.25) is 5.43 Å². The Kier molecular flexibility index (Phi) is 4.02. The summed E-state index contributed by atoms with van der Waals surface area (Å²) in [5, 5.41) is 19.2. The van der Waals surface area contributed by atoms with Gasteiger partial charge in [-0.15, -0.1) is 0 Å². The van der Waals surface area contributed by atoms with Crippen LogP contribution < -0.4 is 5.43 Å². The summed E-state index contributed by atoms with van der Waals surface area (Å²) in [6, 6.07) is 10.9. The molecule has 1 aromatic carbocycles. The number of pyridine rings is 1. The van der Waals surface area contributed by atoms with Crippen molar-refractivity contribution in [1.29, 1.82) is 0 Å². The molecule has 0 saturated carbocycles. The first-order valence-corrected chi connectivity index (χ1v) is 6.19. The zero-order chi connectivity index (χ0) is 13.8. The minimum absolute atomic E-state index is 0.0575. The standard InChI is InChI=1S/C15H17NO3/c1-11-15(19)14(18)7-8-16(11)13(10-17)9-12-5-3-2-4-6-12/h2-8,13,17,19H,9-10H2,1H3. The summed E-state index contributed by atoms with van der Waals surface area (Å²) >= 11 is 0. The monoisotopic (exact) mass is 259 g/mol. The van der Waals surface area contributed by atoms with Crippen LogP contribution >= 0.6 is 0 Å². The molecule has 4 heteroatoms. The van der Waals surface area contributed by atoms with Crippen molar-refractivity contribution >= 4 is 0 Å². The van der Waals surface area contributed by atoms with E-state index in [0.717, 1.165) is 5.56 Å². The van der Waals surface area contributed by atoms with Crippen molar-refractivity contribution in [3.05, 3.63) is 64.1 Å². The first-order valence-electron chi connectivity index (χ1n) is 6.19. The van der Waals surface area contributed by atoms with Gasteiger partial charge in [-0.2, -0.15) is 0 Å². The van der Waals surface area contributed by atoms with Crippen LogP contribution in [0, 0.1) is 6.92 Å². The van der Waals surface area contributed by atoms with Gasteiger partial charge in [-0.05, 0) is 18.9 Å². The Labute approximate surface area is 111 Å². The minimum atomic E-state index is -0.398. The average molecular weight is 259 g/mol. The van der Waals surface area contributed by atoms with Gasteiger partial charge in [0.1, 0.15) is 0 Å². The zero-order valence-electron chi connectivity index (χ0n) is 10.8. The van der Waals surface area contributed by atoms with Gasteiger partial charge in [-0.25, -0.2) is 0 Å². The lowest BCUT2D eigenvalue weighted by Gasteiger charge is -2.21. The molecular formula is C15H17NO3. The zero-order valence-corrected chi connectivity index (χ0v) is 10.8. The Morgan fingerprint density at radius 1 is 1.21 bits per heavy atom. The first kappa shape index (κ1) is 13.4. The summed E-state index contributed by atoms with van der Waals surface area (Å²) < 4.78 is 1.74. The summed E-state index contributed by atoms with van der Waals surface area (Å²) in [5.41, 5.74) is 1.17. The van der Waals surface area contributed by atoms with Gasteiger partial charge in [-0.3, -0.25) is 4.79 Å². The molecule has 0 fully saturated rings. The second-order valence-corrected chi connectivity index (χ2v) is 4.55. The van der Waals surface area contributed by atoms with Gasteiger partial charge in [0.05, 0.1) is 18.3 Å². The van der Waals surface area contributed by atoms with Gasteiger partial charge in [0.25, 0.3) is 0 Å². The van der Waals surface area contributed by atoms with E-state index in [-0.39, 0.29) is 18.4 Å². The quantitative estimate of drug-likeness (QED) is 0.877. The SMILES string of the molecule is Cc1c(O)c(=O)ccn1C(CO)Cc1ccccc1. The molecule has 0 aliphatic rings. The maximum absolute atomic E-state index is 11.3. The van der Waals surface area contributed by atoms with Crippen molar-refractivity contribution in [2.75, 3.05) is 6.61 Å². The second-order valence-electron chi connectivity index (χ2n) is 4.55. The Hall–Kier alpha value is -2.07. The Balaban J connectivity index is 2.33. The predicted molar refractivity (Wildman–Crippen MR) is 73.4 cm³/mol. The normalized spacial score (nSPS) is 12.3. The molecule has 0 amide bonds. The Morgan fingerprint density at radius 2 is 1.89 bits per heavy atom. The molecule has 19 heavy (non-hydrogen) atoms. The van der Waals surface area contributed by atoms with Gasteiger partial charge in [0, 0.05) is 12.3 Å². The summed E-state index contributed by atoms with van der Waals surface area (Å²) in [7, 11) is 0. The fourth-order valence-electron chi connectivity index (χ4n) is 2.17. The lowest BCUT2D eigenvalue weighted by atomic mass is 10.1. The molecule has 1 atom stereocenters. The summed E-state index contributed by atoms with van der Waals surface area (Å²) in [4.78, 5) is 11.3. The molecule has 0 spiro atoms. The van der Waals surface area contributed by atoms with Gasteiger partial charge < -0.3 is 14.8 Å². The van der Waals surface area contributed by atoms with E-state index in [2.05, 4.69) is 0 Å². The van der Waals surface area contributed by atoms with Crippen molar-refractivity contribution in [1.82, 2.24) is 4.57 Å². The van der Waals surface area contributed by atoms with E-state index in [1.807, 2.05) is 30.3 Å². The van der Waals surface area contributed by atoms with Crippen LogP contribution in [-0.4, -0.2) is 21.4 Å². The number of aliphatic hydroxyl groups excluding tert-OH is 1. The van der Waals surface area contributed by atoms with Crippen LogP contribution in [0.25, 0.3) is 0 Å². The molecule has 1 unspecified atom stereocenters. The molecule has 1 aromatic heterocycles. The number of benzene rings is 1. The molecular weight excluding hydrogens is 242 g/mol. The minimum Gasteiger partial charge on any atom is -0.503 e. The predicted octanol–water partition coefficient (Wildman–Crippen LogP) is 1.64. The number of nitrogens with zero attached hydrogens (tertiary/aromatic N) is 1. The Morgan fingerprint density at radius 3 is 2.53 bits per heavy atom. The molecule has 0 aliphatic carbocycles. The fraction of sp³-hybridized carbons (Fsp3) is 0.267. The van der Waals surface area contributed by atoms with Crippen LogP contribution in [0.4, 0.5) is 0 Å². The van der Waals surface area contributed by atoms with Crippen molar-refractivity contribution in [3.63, 3.8) is 0 Å². The Bertz CT molecular complexity index is 605. The van der Waals surface area contributed by atoms with E-state index in [9.17, 15) is 15.0 Å². The lowest BCUT2D eigenvalue weighted by molar-refractivity contribution is 0.224. The van der Waals surface area contributed by atoms with Crippen LogP contribution in [0.1, 0.15) is 17.3 Å². The summed E-state index contributed by atoms with van der Waals surface area (Å²) in [6.45, 7) is 1.61. The van der Waals surface area contributed by atoms with E-state index in [1.54, 1.807) is 17.7 Å². The number of aromatic hydroxyl groups is 1. The van der Waals surface area contributed by atoms with Crippen LogP contribution in [0.3, 0.4) is 0 Å². The molecule has 4 nitrogen and oxygen atoms in total. The topological polar surface area (TPSA) is 62.5 Å². The van der Waals surface area contributed by atoms with Gasteiger partial charge >= 0.3 is 0 Å². The fourth-order valence-corrected chi connectivity index (χ4v) is 2.17. The molecule has 2 rings (SSSR count). The summed E-state index contributed by atoms with van der Waals surface area (Å²) in [6.07, 6.45) is 2.25. The highest BCUT2D eigenvalue weighted by molar-refractivity contribution is 5.26. The highest BCUT2D eigenvalue weighted by Crippen LogP contribution is 2.19. The van der Waals surface area contributed by atoms with E-state index >= 15 is 0 Å².